The van der Waals surface area contributed by atoms with Crippen LogP contribution in [-0.2, 0) is 14.3 Å². The van der Waals surface area contributed by atoms with E-state index in [9.17, 15) is 14.7 Å². The SMILES string of the molecule is CCOC(=O)C1(CNC(=O)NC(CO)C2CCCOC2)CCC1. The minimum atomic E-state index is -0.573. The van der Waals surface area contributed by atoms with Crippen molar-refractivity contribution in [3.63, 3.8) is 0 Å². The van der Waals surface area contributed by atoms with Crippen LogP contribution in [0, 0.1) is 11.3 Å². The Hall–Kier alpha value is -1.34. The number of esters is 1. The predicted molar refractivity (Wildman–Crippen MR) is 83.9 cm³/mol. The summed E-state index contributed by atoms with van der Waals surface area (Å²) in [7, 11) is 0. The van der Waals surface area contributed by atoms with E-state index in [1.807, 2.05) is 0 Å². The maximum Gasteiger partial charge on any atom is 0.315 e. The van der Waals surface area contributed by atoms with Gasteiger partial charge >= 0.3 is 12.0 Å². The van der Waals surface area contributed by atoms with Gasteiger partial charge in [0.25, 0.3) is 0 Å². The van der Waals surface area contributed by atoms with Gasteiger partial charge in [0.05, 0.1) is 31.3 Å². The number of urea groups is 1. The molecular weight excluding hydrogens is 300 g/mol. The van der Waals surface area contributed by atoms with E-state index in [-0.39, 0.29) is 37.1 Å². The van der Waals surface area contributed by atoms with Gasteiger partial charge in [-0.25, -0.2) is 4.79 Å². The second kappa shape index (κ2) is 8.49. The Morgan fingerprint density at radius 3 is 2.70 bits per heavy atom. The number of hydrogen-bond donors (Lipinski definition) is 3. The fourth-order valence-corrected chi connectivity index (χ4v) is 3.21. The van der Waals surface area contributed by atoms with Crippen LogP contribution >= 0.6 is 0 Å². The summed E-state index contributed by atoms with van der Waals surface area (Å²) in [5, 5.41) is 15.1. The molecular formula is C16H28N2O5. The van der Waals surface area contributed by atoms with E-state index in [4.69, 9.17) is 9.47 Å². The first kappa shape index (κ1) is 18.0. The van der Waals surface area contributed by atoms with Gasteiger partial charge in [-0.1, -0.05) is 6.42 Å². The highest BCUT2D eigenvalue weighted by Crippen LogP contribution is 2.41. The van der Waals surface area contributed by atoms with E-state index in [0.29, 0.717) is 13.2 Å². The monoisotopic (exact) mass is 328 g/mol. The number of amides is 2. The number of aliphatic hydroxyl groups is 1. The summed E-state index contributed by atoms with van der Waals surface area (Å²) in [5.41, 5.74) is -0.573. The largest absolute Gasteiger partial charge is 0.466 e. The van der Waals surface area contributed by atoms with Crippen LogP contribution in [0.2, 0.25) is 0 Å². The molecule has 1 saturated carbocycles. The number of ether oxygens (including phenoxy) is 2. The van der Waals surface area contributed by atoms with E-state index in [1.54, 1.807) is 6.92 Å². The fourth-order valence-electron chi connectivity index (χ4n) is 3.21. The number of rotatable bonds is 7. The highest BCUT2D eigenvalue weighted by molar-refractivity contribution is 5.80. The van der Waals surface area contributed by atoms with Crippen LogP contribution in [0.1, 0.15) is 39.0 Å². The summed E-state index contributed by atoms with van der Waals surface area (Å²) >= 11 is 0. The van der Waals surface area contributed by atoms with Crippen molar-refractivity contribution in [2.24, 2.45) is 11.3 Å². The van der Waals surface area contributed by atoms with Gasteiger partial charge in [0.15, 0.2) is 0 Å². The molecule has 2 aliphatic rings. The molecule has 2 unspecified atom stereocenters. The molecule has 0 aromatic carbocycles. The number of hydrogen-bond acceptors (Lipinski definition) is 5. The summed E-state index contributed by atoms with van der Waals surface area (Å²) in [4.78, 5) is 24.1. The van der Waals surface area contributed by atoms with Gasteiger partial charge in [-0.15, -0.1) is 0 Å². The molecule has 23 heavy (non-hydrogen) atoms. The first-order valence-electron chi connectivity index (χ1n) is 8.51. The van der Waals surface area contributed by atoms with Gasteiger partial charge in [-0.2, -0.15) is 0 Å². The summed E-state index contributed by atoms with van der Waals surface area (Å²) in [6.45, 7) is 3.58. The van der Waals surface area contributed by atoms with Gasteiger partial charge in [0, 0.05) is 19.1 Å². The lowest BCUT2D eigenvalue weighted by molar-refractivity contribution is -0.160. The van der Waals surface area contributed by atoms with Gasteiger partial charge in [-0.3, -0.25) is 4.79 Å². The lowest BCUT2D eigenvalue weighted by atomic mass is 9.68. The second-order valence-electron chi connectivity index (χ2n) is 6.45. The van der Waals surface area contributed by atoms with Crippen molar-refractivity contribution in [1.82, 2.24) is 10.6 Å². The van der Waals surface area contributed by atoms with Gasteiger partial charge in [0.2, 0.25) is 0 Å². The van der Waals surface area contributed by atoms with Crippen LogP contribution in [0.25, 0.3) is 0 Å². The molecule has 0 radical (unpaired) electrons. The Morgan fingerprint density at radius 1 is 1.39 bits per heavy atom. The normalized spacial score (nSPS) is 24.2. The molecule has 0 aromatic rings. The third kappa shape index (κ3) is 4.57. The standard InChI is InChI=1S/C16H28N2O5/c1-2-23-14(20)16(6-4-7-16)11-17-15(21)18-13(9-19)12-5-3-8-22-10-12/h12-13,19H,2-11H2,1H3,(H2,17,18,21). The smallest absolute Gasteiger partial charge is 0.315 e. The average molecular weight is 328 g/mol. The van der Waals surface area contributed by atoms with Crippen molar-refractivity contribution in [2.75, 3.05) is 33.0 Å². The molecule has 0 bridgehead atoms. The van der Waals surface area contributed by atoms with Gasteiger partial charge in [0.1, 0.15) is 0 Å². The number of carbonyl (C=O) groups excluding carboxylic acids is 2. The molecule has 1 aliphatic carbocycles. The van der Waals surface area contributed by atoms with E-state index in [1.165, 1.54) is 0 Å². The minimum Gasteiger partial charge on any atom is -0.466 e. The number of nitrogens with one attached hydrogen (secondary N) is 2. The molecule has 1 saturated heterocycles. The Morgan fingerprint density at radius 2 is 2.17 bits per heavy atom. The van der Waals surface area contributed by atoms with Crippen LogP contribution < -0.4 is 10.6 Å². The van der Waals surface area contributed by atoms with E-state index < -0.39 is 5.41 Å². The van der Waals surface area contributed by atoms with Crippen molar-refractivity contribution in [3.8, 4) is 0 Å². The molecule has 2 fully saturated rings. The van der Waals surface area contributed by atoms with Crippen molar-refractivity contribution >= 4 is 12.0 Å². The Bertz CT molecular complexity index is 405. The van der Waals surface area contributed by atoms with Crippen molar-refractivity contribution < 1.29 is 24.2 Å². The average Bonchev–Trinajstić information content (AvgIpc) is 2.52. The predicted octanol–water partition coefficient (Wildman–Crippen LogP) is 0.806. The number of aliphatic hydroxyl groups excluding tert-OH is 1. The minimum absolute atomic E-state index is 0.121. The van der Waals surface area contributed by atoms with Crippen molar-refractivity contribution in [1.29, 1.82) is 0 Å². The molecule has 2 rings (SSSR count). The molecule has 7 heteroatoms. The molecule has 2 atom stereocenters. The first-order valence-corrected chi connectivity index (χ1v) is 8.51. The molecule has 132 valence electrons. The van der Waals surface area contributed by atoms with Crippen LogP contribution in [-0.4, -0.2) is 56.1 Å². The van der Waals surface area contributed by atoms with E-state index >= 15 is 0 Å². The highest BCUT2D eigenvalue weighted by atomic mass is 16.5. The number of carbonyl (C=O) groups is 2. The molecule has 1 aliphatic heterocycles. The molecule has 1 heterocycles. The van der Waals surface area contributed by atoms with Crippen LogP contribution in [0.5, 0.6) is 0 Å². The van der Waals surface area contributed by atoms with Crippen LogP contribution in [0.15, 0.2) is 0 Å². The summed E-state index contributed by atoms with van der Waals surface area (Å²) < 4.78 is 10.5. The van der Waals surface area contributed by atoms with Gasteiger partial charge in [-0.05, 0) is 32.6 Å². The zero-order chi connectivity index (χ0) is 16.7. The lowest BCUT2D eigenvalue weighted by Gasteiger charge is -2.39. The van der Waals surface area contributed by atoms with E-state index in [2.05, 4.69) is 10.6 Å². The topological polar surface area (TPSA) is 96.9 Å². The van der Waals surface area contributed by atoms with Crippen molar-refractivity contribution in [2.45, 2.75) is 45.1 Å². The maximum atomic E-state index is 12.1. The second-order valence-corrected chi connectivity index (χ2v) is 6.45. The zero-order valence-electron chi connectivity index (χ0n) is 13.8. The zero-order valence-corrected chi connectivity index (χ0v) is 13.8. The quantitative estimate of drug-likeness (QED) is 0.601. The summed E-state index contributed by atoms with van der Waals surface area (Å²) in [6, 6.07) is -0.680. The first-order chi connectivity index (χ1) is 11.1. The molecule has 3 N–H and O–H groups in total. The molecule has 2 amide bonds. The maximum absolute atomic E-state index is 12.1. The summed E-state index contributed by atoms with van der Waals surface area (Å²) in [5.74, 6) is -0.104. The Kier molecular flexibility index (Phi) is 6.65. The summed E-state index contributed by atoms with van der Waals surface area (Å²) in [6.07, 6.45) is 4.33. The Balaban J connectivity index is 1.80. The molecule has 7 nitrogen and oxygen atoms in total. The van der Waals surface area contributed by atoms with Crippen molar-refractivity contribution in [3.05, 3.63) is 0 Å². The van der Waals surface area contributed by atoms with E-state index in [0.717, 1.165) is 38.7 Å². The third-order valence-electron chi connectivity index (χ3n) is 4.88. The van der Waals surface area contributed by atoms with Gasteiger partial charge < -0.3 is 25.2 Å². The molecule has 0 aromatic heterocycles. The Labute approximate surface area is 137 Å². The van der Waals surface area contributed by atoms with Crippen LogP contribution in [0.4, 0.5) is 4.79 Å². The highest BCUT2D eigenvalue weighted by Gasteiger charge is 2.45. The molecule has 0 spiro atoms. The lowest BCUT2D eigenvalue weighted by Crippen LogP contribution is -2.54. The third-order valence-corrected chi connectivity index (χ3v) is 4.88. The fraction of sp³-hybridized carbons (Fsp3) is 0.875. The van der Waals surface area contributed by atoms with Crippen LogP contribution in [0.3, 0.4) is 0 Å².